The van der Waals surface area contributed by atoms with E-state index < -0.39 is 6.10 Å². The molecule has 0 radical (unpaired) electrons. The van der Waals surface area contributed by atoms with Crippen molar-refractivity contribution in [3.05, 3.63) is 47.2 Å². The van der Waals surface area contributed by atoms with Gasteiger partial charge < -0.3 is 15.3 Å². The fourth-order valence-corrected chi connectivity index (χ4v) is 3.86. The van der Waals surface area contributed by atoms with Gasteiger partial charge >= 0.3 is 0 Å². The summed E-state index contributed by atoms with van der Waals surface area (Å²) in [6.07, 6.45) is 1.89. The zero-order valence-corrected chi connectivity index (χ0v) is 15.1. The van der Waals surface area contributed by atoms with Crippen molar-refractivity contribution in [2.45, 2.75) is 25.5 Å². The molecule has 134 valence electrons. The number of hydrogen-bond donors (Lipinski definition) is 2. The fraction of sp³-hybridized carbons (Fsp3) is 0.333. The number of amides is 1. The molecule has 0 aliphatic carbocycles. The summed E-state index contributed by atoms with van der Waals surface area (Å²) in [4.78, 5) is 27.9. The third kappa shape index (κ3) is 3.25. The van der Waals surface area contributed by atoms with Crippen LogP contribution in [0, 0.1) is 0 Å². The molecule has 0 saturated carbocycles. The van der Waals surface area contributed by atoms with Crippen molar-refractivity contribution in [1.82, 2.24) is 19.9 Å². The van der Waals surface area contributed by atoms with E-state index in [1.807, 2.05) is 36.6 Å². The van der Waals surface area contributed by atoms with Crippen LogP contribution in [0.4, 0.5) is 5.95 Å². The first-order chi connectivity index (χ1) is 12.6. The second-order valence-electron chi connectivity index (χ2n) is 6.35. The zero-order valence-electron chi connectivity index (χ0n) is 14.3. The Bertz CT molecular complexity index is 930. The third-order valence-corrected chi connectivity index (χ3v) is 5.34. The van der Waals surface area contributed by atoms with Gasteiger partial charge in [-0.1, -0.05) is 6.07 Å². The lowest BCUT2D eigenvalue weighted by Gasteiger charge is -2.17. The number of anilines is 1. The molecule has 4 heterocycles. The number of carbonyl (C=O) groups excluding carboxylic acids is 1. The van der Waals surface area contributed by atoms with Gasteiger partial charge in [-0.05, 0) is 36.9 Å². The Kier molecular flexibility index (Phi) is 4.52. The van der Waals surface area contributed by atoms with Crippen molar-refractivity contribution in [2.24, 2.45) is 0 Å². The number of fused-ring (bicyclic) bond motifs is 1. The molecule has 4 rings (SSSR count). The van der Waals surface area contributed by atoms with Crippen molar-refractivity contribution in [3.8, 4) is 0 Å². The number of β-amino-alcohol motifs (C(OH)–C–C–N with tert-alkyl or cyclic N) is 1. The van der Waals surface area contributed by atoms with E-state index in [2.05, 4.69) is 20.3 Å². The van der Waals surface area contributed by atoms with Gasteiger partial charge in [0.25, 0.3) is 5.91 Å². The zero-order chi connectivity index (χ0) is 18.1. The summed E-state index contributed by atoms with van der Waals surface area (Å²) in [5.74, 6) is 0.238. The van der Waals surface area contributed by atoms with E-state index in [4.69, 9.17) is 0 Å². The lowest BCUT2D eigenvalue weighted by molar-refractivity contribution is 0.0761. The summed E-state index contributed by atoms with van der Waals surface area (Å²) in [5, 5.41) is 14.9. The highest BCUT2D eigenvalue weighted by atomic mass is 32.1. The van der Waals surface area contributed by atoms with E-state index in [1.165, 1.54) is 11.3 Å². The second kappa shape index (κ2) is 6.97. The number of aromatic nitrogens is 3. The molecule has 1 saturated heterocycles. The van der Waals surface area contributed by atoms with Gasteiger partial charge in [-0.25, -0.2) is 9.97 Å². The number of aliphatic hydroxyl groups excluding tert-OH is 1. The average molecular weight is 369 g/mol. The molecular weight excluding hydrogens is 350 g/mol. The van der Waals surface area contributed by atoms with Gasteiger partial charge in [0.15, 0.2) is 5.69 Å². The fourth-order valence-electron chi connectivity index (χ4n) is 3.05. The highest BCUT2D eigenvalue weighted by molar-refractivity contribution is 7.17. The second-order valence-corrected chi connectivity index (χ2v) is 7.26. The maximum Gasteiger partial charge on any atom is 0.274 e. The van der Waals surface area contributed by atoms with E-state index in [-0.39, 0.29) is 11.9 Å². The Hall–Kier alpha value is -2.58. The number of rotatable bonds is 4. The molecule has 1 fully saturated rings. The third-order valence-electron chi connectivity index (χ3n) is 4.43. The van der Waals surface area contributed by atoms with Crippen molar-refractivity contribution < 1.29 is 9.90 Å². The normalized spacial score (nSPS) is 18.2. The van der Waals surface area contributed by atoms with E-state index in [9.17, 15) is 9.90 Å². The number of nitrogens with zero attached hydrogens (tertiary/aromatic N) is 4. The molecule has 0 spiro atoms. The molecule has 0 aromatic carbocycles. The molecular formula is C18H19N5O2S. The van der Waals surface area contributed by atoms with Crippen LogP contribution in [-0.4, -0.2) is 50.1 Å². The molecule has 3 aromatic heterocycles. The number of thiophene rings is 1. The van der Waals surface area contributed by atoms with E-state index in [1.54, 1.807) is 11.1 Å². The van der Waals surface area contributed by atoms with Crippen molar-refractivity contribution in [1.29, 1.82) is 0 Å². The van der Waals surface area contributed by atoms with Gasteiger partial charge in [0.1, 0.15) is 0 Å². The molecule has 8 heteroatoms. The molecule has 1 unspecified atom stereocenters. The summed E-state index contributed by atoms with van der Waals surface area (Å²) in [6.45, 7) is 2.87. The average Bonchev–Trinajstić information content (AvgIpc) is 3.30. The summed E-state index contributed by atoms with van der Waals surface area (Å²) in [5.41, 5.74) is 2.00. The Morgan fingerprint density at radius 2 is 2.27 bits per heavy atom. The number of pyridine rings is 1. The number of likely N-dealkylation sites (tertiary alicyclic amines) is 1. The monoisotopic (exact) mass is 369 g/mol. The highest BCUT2D eigenvalue weighted by Crippen LogP contribution is 2.27. The standard InChI is InChI=1S/C18H19N5O2S/c1-11(13-4-2-3-7-19-13)20-18-21-14-6-9-26-16(14)15(22-18)17(25)23-8-5-12(24)10-23/h2-4,6-7,9,11-12,24H,5,8,10H2,1H3,(H,20,21,22)/t11?,12-/m0/s1. The quantitative estimate of drug-likeness (QED) is 0.734. The predicted octanol–water partition coefficient (Wildman–Crippen LogP) is 2.47. The molecule has 26 heavy (non-hydrogen) atoms. The summed E-state index contributed by atoms with van der Waals surface area (Å²) in [7, 11) is 0. The first-order valence-electron chi connectivity index (χ1n) is 8.52. The smallest absolute Gasteiger partial charge is 0.274 e. The predicted molar refractivity (Wildman–Crippen MR) is 100 cm³/mol. The van der Waals surface area contributed by atoms with Crippen molar-refractivity contribution in [2.75, 3.05) is 18.4 Å². The minimum Gasteiger partial charge on any atom is -0.391 e. The van der Waals surface area contributed by atoms with Crippen LogP contribution in [-0.2, 0) is 0 Å². The van der Waals surface area contributed by atoms with Gasteiger partial charge in [-0.15, -0.1) is 11.3 Å². The first-order valence-corrected chi connectivity index (χ1v) is 9.40. The minimum atomic E-state index is -0.457. The van der Waals surface area contributed by atoms with Crippen LogP contribution in [0.25, 0.3) is 10.2 Å². The molecule has 2 N–H and O–H groups in total. The molecule has 1 aliphatic rings. The van der Waals surface area contributed by atoms with Crippen LogP contribution >= 0.6 is 11.3 Å². The van der Waals surface area contributed by atoms with E-state index >= 15 is 0 Å². The summed E-state index contributed by atoms with van der Waals surface area (Å²) < 4.78 is 0.771. The van der Waals surface area contributed by atoms with Gasteiger partial charge in [0.05, 0.1) is 28.1 Å². The van der Waals surface area contributed by atoms with Crippen LogP contribution in [0.1, 0.15) is 35.6 Å². The minimum absolute atomic E-state index is 0.0937. The summed E-state index contributed by atoms with van der Waals surface area (Å²) in [6, 6.07) is 7.51. The number of nitrogens with one attached hydrogen (secondary N) is 1. The molecule has 0 bridgehead atoms. The SMILES string of the molecule is CC(Nc1nc(C(=O)N2CC[C@H](O)C2)c2sccc2n1)c1ccccn1. The maximum atomic E-state index is 12.9. The van der Waals surface area contributed by atoms with Gasteiger partial charge in [0.2, 0.25) is 5.95 Å². The van der Waals surface area contributed by atoms with E-state index in [0.717, 1.165) is 15.9 Å². The Morgan fingerprint density at radius 3 is 3.00 bits per heavy atom. The van der Waals surface area contributed by atoms with Crippen LogP contribution in [0.3, 0.4) is 0 Å². The largest absolute Gasteiger partial charge is 0.391 e. The number of aliphatic hydroxyl groups is 1. The van der Waals surface area contributed by atoms with Crippen molar-refractivity contribution in [3.63, 3.8) is 0 Å². The molecule has 2 atom stereocenters. The summed E-state index contributed by atoms with van der Waals surface area (Å²) >= 11 is 1.45. The first kappa shape index (κ1) is 16.9. The lowest BCUT2D eigenvalue weighted by atomic mass is 10.2. The highest BCUT2D eigenvalue weighted by Gasteiger charge is 2.28. The van der Waals surface area contributed by atoms with Gasteiger partial charge in [-0.3, -0.25) is 9.78 Å². The van der Waals surface area contributed by atoms with Gasteiger partial charge in [-0.2, -0.15) is 0 Å². The van der Waals surface area contributed by atoms with E-state index in [0.29, 0.717) is 31.2 Å². The Balaban J connectivity index is 1.65. The van der Waals surface area contributed by atoms with Crippen LogP contribution in [0.15, 0.2) is 35.8 Å². The Morgan fingerprint density at radius 1 is 1.38 bits per heavy atom. The maximum absolute atomic E-state index is 12.9. The topological polar surface area (TPSA) is 91.2 Å². The molecule has 3 aromatic rings. The Labute approximate surface area is 154 Å². The van der Waals surface area contributed by atoms with Crippen LogP contribution in [0.2, 0.25) is 0 Å². The number of carbonyl (C=O) groups is 1. The van der Waals surface area contributed by atoms with Gasteiger partial charge in [0, 0.05) is 19.3 Å². The van der Waals surface area contributed by atoms with Crippen molar-refractivity contribution >= 4 is 33.4 Å². The molecule has 1 amide bonds. The molecule has 7 nitrogen and oxygen atoms in total. The van der Waals surface area contributed by atoms with Crippen LogP contribution < -0.4 is 5.32 Å². The van der Waals surface area contributed by atoms with Crippen LogP contribution in [0.5, 0.6) is 0 Å². The number of hydrogen-bond acceptors (Lipinski definition) is 7. The lowest BCUT2D eigenvalue weighted by Crippen LogP contribution is -2.30. The molecule has 1 aliphatic heterocycles.